The van der Waals surface area contributed by atoms with Gasteiger partial charge in [-0.05, 0) is 42.3 Å². The molecule has 0 spiro atoms. The average Bonchev–Trinajstić information content (AvgIpc) is 2.64. The molecule has 0 heterocycles. The summed E-state index contributed by atoms with van der Waals surface area (Å²) in [6, 6.07) is 10.8. The van der Waals surface area contributed by atoms with Crippen molar-refractivity contribution in [2.24, 2.45) is 0 Å². The summed E-state index contributed by atoms with van der Waals surface area (Å²) in [5.74, 6) is 1.16. The molecule has 1 atom stereocenters. The molecule has 0 aliphatic carbocycles. The number of ether oxygens (including phenoxy) is 2. The van der Waals surface area contributed by atoms with Gasteiger partial charge in [0.1, 0.15) is 0 Å². The summed E-state index contributed by atoms with van der Waals surface area (Å²) < 4.78 is 10.5. The maximum atomic E-state index is 12.1. The van der Waals surface area contributed by atoms with Crippen molar-refractivity contribution >= 4 is 29.1 Å². The van der Waals surface area contributed by atoms with Crippen LogP contribution in [-0.4, -0.2) is 26.7 Å². The molecular formula is C19H22Cl2N2O3. The van der Waals surface area contributed by atoms with Crippen LogP contribution in [0.3, 0.4) is 0 Å². The minimum Gasteiger partial charge on any atom is -0.493 e. The van der Waals surface area contributed by atoms with Crippen LogP contribution < -0.4 is 20.1 Å². The van der Waals surface area contributed by atoms with E-state index in [2.05, 4.69) is 10.6 Å². The minimum absolute atomic E-state index is 0.0772. The molecule has 0 saturated heterocycles. The summed E-state index contributed by atoms with van der Waals surface area (Å²) in [5, 5.41) is 7.17. The van der Waals surface area contributed by atoms with Gasteiger partial charge in [0, 0.05) is 22.6 Å². The third-order valence-corrected chi connectivity index (χ3v) is 4.50. The van der Waals surface area contributed by atoms with E-state index in [9.17, 15) is 4.79 Å². The summed E-state index contributed by atoms with van der Waals surface area (Å²) in [4.78, 5) is 12.1. The van der Waals surface area contributed by atoms with Crippen LogP contribution in [-0.2, 0) is 11.3 Å². The zero-order valence-electron chi connectivity index (χ0n) is 14.9. The monoisotopic (exact) mass is 396 g/mol. The topological polar surface area (TPSA) is 59.6 Å². The molecule has 0 aliphatic rings. The van der Waals surface area contributed by atoms with E-state index in [1.54, 1.807) is 26.4 Å². The van der Waals surface area contributed by atoms with Crippen LogP contribution in [0.4, 0.5) is 0 Å². The van der Waals surface area contributed by atoms with E-state index < -0.39 is 0 Å². The van der Waals surface area contributed by atoms with Crippen LogP contribution in [0.15, 0.2) is 36.4 Å². The molecular weight excluding hydrogens is 375 g/mol. The third kappa shape index (κ3) is 5.53. The first kappa shape index (κ1) is 20.4. The van der Waals surface area contributed by atoms with E-state index in [1.807, 2.05) is 31.2 Å². The van der Waals surface area contributed by atoms with Crippen molar-refractivity contribution < 1.29 is 14.3 Å². The first-order valence-corrected chi connectivity index (χ1v) is 8.86. The number of amides is 1. The maximum Gasteiger partial charge on any atom is 0.234 e. The molecule has 0 fully saturated rings. The van der Waals surface area contributed by atoms with E-state index >= 15 is 0 Å². The molecule has 2 aromatic rings. The fourth-order valence-electron chi connectivity index (χ4n) is 2.46. The number of carbonyl (C=O) groups excluding carboxylic acids is 1. The molecule has 2 rings (SSSR count). The van der Waals surface area contributed by atoms with Crippen molar-refractivity contribution in [3.8, 4) is 11.5 Å². The van der Waals surface area contributed by atoms with Gasteiger partial charge in [-0.25, -0.2) is 0 Å². The van der Waals surface area contributed by atoms with Crippen molar-refractivity contribution in [3.05, 3.63) is 57.6 Å². The lowest BCUT2D eigenvalue weighted by Crippen LogP contribution is -2.34. The lowest BCUT2D eigenvalue weighted by molar-refractivity contribution is -0.120. The van der Waals surface area contributed by atoms with Gasteiger partial charge in [0.25, 0.3) is 0 Å². The fourth-order valence-corrected chi connectivity index (χ4v) is 3.03. The van der Waals surface area contributed by atoms with E-state index in [1.165, 1.54) is 0 Å². The Morgan fingerprint density at radius 3 is 2.46 bits per heavy atom. The normalized spacial score (nSPS) is 11.7. The average molecular weight is 397 g/mol. The zero-order chi connectivity index (χ0) is 19.1. The fraction of sp³-hybridized carbons (Fsp3) is 0.316. The molecule has 5 nitrogen and oxygen atoms in total. The molecule has 0 unspecified atom stereocenters. The number of halogens is 2. The van der Waals surface area contributed by atoms with Crippen LogP contribution in [0.2, 0.25) is 10.0 Å². The Bertz CT molecular complexity index is 768. The van der Waals surface area contributed by atoms with Crippen molar-refractivity contribution in [2.45, 2.75) is 19.5 Å². The Morgan fingerprint density at radius 1 is 1.08 bits per heavy atom. The largest absolute Gasteiger partial charge is 0.493 e. The van der Waals surface area contributed by atoms with Crippen LogP contribution >= 0.6 is 23.2 Å². The Morgan fingerprint density at radius 2 is 1.81 bits per heavy atom. The summed E-state index contributed by atoms with van der Waals surface area (Å²) >= 11 is 12.1. The molecule has 7 heteroatoms. The highest BCUT2D eigenvalue weighted by Crippen LogP contribution is 2.27. The standard InChI is InChI=1S/C19H22Cl2N2O3/c1-12(15-6-5-14(20)9-16(15)21)22-11-19(24)23-10-13-4-7-17(25-2)18(8-13)26-3/h4-9,12,22H,10-11H2,1-3H3,(H,23,24)/t12-/m1/s1. The Kier molecular flexibility index (Phi) is 7.57. The number of rotatable bonds is 8. The van der Waals surface area contributed by atoms with Gasteiger partial charge >= 0.3 is 0 Å². The van der Waals surface area contributed by atoms with Crippen molar-refractivity contribution in [3.63, 3.8) is 0 Å². The molecule has 0 aliphatic heterocycles. The van der Waals surface area contributed by atoms with Crippen molar-refractivity contribution in [1.82, 2.24) is 10.6 Å². The minimum atomic E-state index is -0.114. The Balaban J connectivity index is 1.85. The SMILES string of the molecule is COc1ccc(CNC(=O)CN[C@H](C)c2ccc(Cl)cc2Cl)cc1OC. The number of hydrogen-bond acceptors (Lipinski definition) is 4. The lowest BCUT2D eigenvalue weighted by atomic mass is 10.1. The molecule has 0 saturated carbocycles. The van der Waals surface area contributed by atoms with Crippen LogP contribution in [0.1, 0.15) is 24.1 Å². The predicted octanol–water partition coefficient (Wildman–Crippen LogP) is 3.98. The molecule has 0 bridgehead atoms. The van der Waals surface area contributed by atoms with Gasteiger partial charge in [-0.15, -0.1) is 0 Å². The third-order valence-electron chi connectivity index (χ3n) is 3.94. The van der Waals surface area contributed by atoms with E-state index in [0.717, 1.165) is 11.1 Å². The van der Waals surface area contributed by atoms with Gasteiger partial charge in [0.2, 0.25) is 5.91 Å². The van der Waals surface area contributed by atoms with Crippen LogP contribution in [0.5, 0.6) is 11.5 Å². The molecule has 0 radical (unpaired) electrons. The van der Waals surface area contributed by atoms with Crippen molar-refractivity contribution in [2.75, 3.05) is 20.8 Å². The summed E-state index contributed by atoms with van der Waals surface area (Å²) in [5.41, 5.74) is 1.81. The number of carbonyl (C=O) groups is 1. The molecule has 0 aromatic heterocycles. The summed E-state index contributed by atoms with van der Waals surface area (Å²) in [6.07, 6.45) is 0. The highest BCUT2D eigenvalue weighted by molar-refractivity contribution is 6.35. The number of benzene rings is 2. The lowest BCUT2D eigenvalue weighted by Gasteiger charge is -2.16. The first-order valence-electron chi connectivity index (χ1n) is 8.10. The summed E-state index contributed by atoms with van der Waals surface area (Å²) in [7, 11) is 3.16. The van der Waals surface area contributed by atoms with Gasteiger partial charge in [-0.2, -0.15) is 0 Å². The Labute approximate surface area is 163 Å². The summed E-state index contributed by atoms with van der Waals surface area (Å²) in [6.45, 7) is 2.51. The molecule has 2 aromatic carbocycles. The van der Waals surface area contributed by atoms with Gasteiger partial charge in [0.15, 0.2) is 11.5 Å². The maximum absolute atomic E-state index is 12.1. The number of methoxy groups -OCH3 is 2. The van der Waals surface area contributed by atoms with Gasteiger partial charge in [0.05, 0.1) is 20.8 Å². The van der Waals surface area contributed by atoms with Gasteiger partial charge in [-0.3, -0.25) is 4.79 Å². The quantitative estimate of drug-likeness (QED) is 0.708. The van der Waals surface area contributed by atoms with Gasteiger partial charge in [-0.1, -0.05) is 35.3 Å². The molecule has 140 valence electrons. The van der Waals surface area contributed by atoms with Crippen LogP contribution in [0.25, 0.3) is 0 Å². The predicted molar refractivity (Wildman–Crippen MR) is 104 cm³/mol. The first-order chi connectivity index (χ1) is 12.4. The number of hydrogen-bond donors (Lipinski definition) is 2. The molecule has 1 amide bonds. The Hall–Kier alpha value is -1.95. The highest BCUT2D eigenvalue weighted by atomic mass is 35.5. The second-order valence-corrected chi connectivity index (χ2v) is 6.58. The van der Waals surface area contributed by atoms with Crippen molar-refractivity contribution in [1.29, 1.82) is 0 Å². The smallest absolute Gasteiger partial charge is 0.234 e. The van der Waals surface area contributed by atoms with E-state index in [0.29, 0.717) is 28.1 Å². The van der Waals surface area contributed by atoms with Crippen LogP contribution in [0, 0.1) is 0 Å². The number of nitrogens with one attached hydrogen (secondary N) is 2. The zero-order valence-corrected chi connectivity index (χ0v) is 16.4. The second-order valence-electron chi connectivity index (χ2n) is 5.73. The molecule has 2 N–H and O–H groups in total. The highest BCUT2D eigenvalue weighted by Gasteiger charge is 2.12. The van der Waals surface area contributed by atoms with E-state index in [4.69, 9.17) is 32.7 Å². The van der Waals surface area contributed by atoms with Gasteiger partial charge < -0.3 is 20.1 Å². The van der Waals surface area contributed by atoms with E-state index in [-0.39, 0.29) is 18.5 Å². The second kappa shape index (κ2) is 9.67. The molecule has 26 heavy (non-hydrogen) atoms.